The van der Waals surface area contributed by atoms with Gasteiger partial charge in [-0.15, -0.1) is 12.4 Å². The molecule has 1 aromatic carbocycles. The summed E-state index contributed by atoms with van der Waals surface area (Å²) in [6.45, 7) is 5.15. The van der Waals surface area contributed by atoms with Crippen molar-refractivity contribution >= 4 is 18.3 Å². The molecule has 0 saturated carbocycles. The number of ether oxygens (including phenoxy) is 1. The second kappa shape index (κ2) is 7.07. The van der Waals surface area contributed by atoms with Crippen LogP contribution >= 0.6 is 12.4 Å². The van der Waals surface area contributed by atoms with Crippen molar-refractivity contribution in [3.8, 4) is 0 Å². The molecule has 112 valence electrons. The van der Waals surface area contributed by atoms with Gasteiger partial charge in [-0.2, -0.15) is 0 Å². The highest BCUT2D eigenvalue weighted by molar-refractivity contribution is 5.86. The Morgan fingerprint density at radius 2 is 1.95 bits per heavy atom. The maximum absolute atomic E-state index is 12.3. The molecule has 3 N–H and O–H groups in total. The van der Waals surface area contributed by atoms with Gasteiger partial charge < -0.3 is 15.8 Å². The van der Waals surface area contributed by atoms with Crippen molar-refractivity contribution in [2.24, 2.45) is 5.73 Å². The lowest BCUT2D eigenvalue weighted by Crippen LogP contribution is -2.57. The Labute approximate surface area is 126 Å². The molecule has 20 heavy (non-hydrogen) atoms. The van der Waals surface area contributed by atoms with E-state index < -0.39 is 5.54 Å². The van der Waals surface area contributed by atoms with E-state index in [0.29, 0.717) is 26.1 Å². The number of amides is 1. The lowest BCUT2D eigenvalue weighted by molar-refractivity contribution is -0.130. The van der Waals surface area contributed by atoms with Crippen LogP contribution in [0.5, 0.6) is 0 Å². The van der Waals surface area contributed by atoms with Crippen molar-refractivity contribution < 1.29 is 9.53 Å². The quantitative estimate of drug-likeness (QED) is 0.898. The van der Waals surface area contributed by atoms with Crippen molar-refractivity contribution in [2.45, 2.75) is 38.3 Å². The number of carbonyl (C=O) groups is 1. The molecule has 1 amide bonds. The monoisotopic (exact) mass is 298 g/mol. The van der Waals surface area contributed by atoms with Gasteiger partial charge in [0.05, 0.1) is 11.6 Å². The number of hydrogen-bond donors (Lipinski definition) is 2. The molecule has 0 radical (unpaired) electrons. The normalized spacial score (nSPS) is 18.8. The minimum Gasteiger partial charge on any atom is -0.381 e. The van der Waals surface area contributed by atoms with Crippen molar-refractivity contribution in [1.29, 1.82) is 0 Å². The summed E-state index contributed by atoms with van der Waals surface area (Å²) >= 11 is 0. The van der Waals surface area contributed by atoms with Crippen LogP contribution in [-0.4, -0.2) is 24.7 Å². The molecule has 4 nitrogen and oxygen atoms in total. The molecule has 1 heterocycles. The second-order valence-electron chi connectivity index (χ2n) is 5.32. The number of nitrogens with one attached hydrogen (secondary N) is 1. The number of aryl methyl sites for hydroxylation is 1. The first-order valence-electron chi connectivity index (χ1n) is 6.76. The van der Waals surface area contributed by atoms with Crippen molar-refractivity contribution in [2.75, 3.05) is 13.2 Å². The molecule has 1 aromatic rings. The van der Waals surface area contributed by atoms with Gasteiger partial charge in [0.15, 0.2) is 0 Å². The van der Waals surface area contributed by atoms with Gasteiger partial charge in [0.25, 0.3) is 0 Å². The molecule has 1 unspecified atom stereocenters. The topological polar surface area (TPSA) is 64.4 Å². The smallest absolute Gasteiger partial charge is 0.240 e. The lowest BCUT2D eigenvalue weighted by atomic mass is 9.89. The summed E-state index contributed by atoms with van der Waals surface area (Å²) in [5.74, 6) is -0.0773. The third-order valence-electron chi connectivity index (χ3n) is 3.84. The van der Waals surface area contributed by atoms with Crippen molar-refractivity contribution in [3.63, 3.8) is 0 Å². The van der Waals surface area contributed by atoms with E-state index >= 15 is 0 Å². The van der Waals surface area contributed by atoms with Gasteiger partial charge in [-0.3, -0.25) is 4.79 Å². The van der Waals surface area contributed by atoms with Gasteiger partial charge in [-0.1, -0.05) is 24.3 Å². The maximum Gasteiger partial charge on any atom is 0.240 e. The average Bonchev–Trinajstić information content (AvgIpc) is 2.40. The van der Waals surface area contributed by atoms with E-state index in [1.807, 2.05) is 38.1 Å². The van der Waals surface area contributed by atoms with E-state index in [-0.39, 0.29) is 24.4 Å². The van der Waals surface area contributed by atoms with Gasteiger partial charge in [-0.05, 0) is 37.8 Å². The van der Waals surface area contributed by atoms with Gasteiger partial charge in [0.1, 0.15) is 0 Å². The number of rotatable bonds is 3. The minimum absolute atomic E-state index is 0. The summed E-state index contributed by atoms with van der Waals surface area (Å²) in [7, 11) is 0. The number of nitrogens with two attached hydrogens (primary N) is 1. The molecule has 1 aliphatic heterocycles. The van der Waals surface area contributed by atoms with E-state index in [2.05, 4.69) is 5.32 Å². The Morgan fingerprint density at radius 3 is 2.55 bits per heavy atom. The summed E-state index contributed by atoms with van der Waals surface area (Å²) < 4.78 is 5.26. The minimum atomic E-state index is -0.783. The number of carbonyl (C=O) groups excluding carboxylic acids is 1. The molecule has 1 aliphatic rings. The average molecular weight is 299 g/mol. The van der Waals surface area contributed by atoms with Crippen LogP contribution in [0.25, 0.3) is 0 Å². The first kappa shape index (κ1) is 17.0. The van der Waals surface area contributed by atoms with Gasteiger partial charge in [0.2, 0.25) is 5.91 Å². The molecular formula is C15H23ClN2O2. The van der Waals surface area contributed by atoms with Crippen LogP contribution < -0.4 is 11.1 Å². The van der Waals surface area contributed by atoms with Crippen LogP contribution in [0.15, 0.2) is 24.3 Å². The van der Waals surface area contributed by atoms with Crippen LogP contribution in [0.1, 0.15) is 36.9 Å². The molecule has 2 rings (SSSR count). The SMILES string of the molecule is Cc1ccccc1C(C)NC(=O)C1(N)CCOCC1.Cl. The molecule has 1 atom stereocenters. The Morgan fingerprint density at radius 1 is 1.35 bits per heavy atom. The highest BCUT2D eigenvalue weighted by Gasteiger charge is 2.36. The number of benzene rings is 1. The standard InChI is InChI=1S/C15H22N2O2.ClH/c1-11-5-3-4-6-13(11)12(2)17-14(18)15(16)7-9-19-10-8-15;/h3-6,12H,7-10,16H2,1-2H3,(H,17,18);1H. The highest BCUT2D eigenvalue weighted by Crippen LogP contribution is 2.21. The Kier molecular flexibility index (Phi) is 5.99. The summed E-state index contributed by atoms with van der Waals surface area (Å²) in [5, 5.41) is 3.03. The second-order valence-corrected chi connectivity index (χ2v) is 5.32. The van der Waals surface area contributed by atoms with Crippen molar-refractivity contribution in [1.82, 2.24) is 5.32 Å². The Bertz CT molecular complexity index is 459. The van der Waals surface area contributed by atoms with E-state index in [1.54, 1.807) is 0 Å². The zero-order valence-corrected chi connectivity index (χ0v) is 12.8. The Balaban J connectivity index is 0.00000200. The fourth-order valence-corrected chi connectivity index (χ4v) is 2.45. The van der Waals surface area contributed by atoms with Crippen LogP contribution in [0.4, 0.5) is 0 Å². The molecule has 0 aliphatic carbocycles. The van der Waals surface area contributed by atoms with Gasteiger partial charge in [0, 0.05) is 13.2 Å². The molecule has 1 fully saturated rings. The molecular weight excluding hydrogens is 276 g/mol. The highest BCUT2D eigenvalue weighted by atomic mass is 35.5. The third kappa shape index (κ3) is 3.72. The van der Waals surface area contributed by atoms with Gasteiger partial charge in [-0.25, -0.2) is 0 Å². The first-order valence-corrected chi connectivity index (χ1v) is 6.76. The Hall–Kier alpha value is -1.10. The van der Waals surface area contributed by atoms with Crippen LogP contribution in [0, 0.1) is 6.92 Å². The van der Waals surface area contributed by atoms with Crippen LogP contribution in [0.3, 0.4) is 0 Å². The number of halogens is 1. The predicted octanol–water partition coefficient (Wildman–Crippen LogP) is 2.10. The summed E-state index contributed by atoms with van der Waals surface area (Å²) in [4.78, 5) is 12.3. The zero-order valence-electron chi connectivity index (χ0n) is 12.0. The predicted molar refractivity (Wildman–Crippen MR) is 82.0 cm³/mol. The summed E-state index contributed by atoms with van der Waals surface area (Å²) in [5.41, 5.74) is 7.70. The summed E-state index contributed by atoms with van der Waals surface area (Å²) in [6, 6.07) is 8.03. The van der Waals surface area contributed by atoms with E-state index in [1.165, 1.54) is 5.56 Å². The molecule has 0 spiro atoms. The van der Waals surface area contributed by atoms with E-state index in [0.717, 1.165) is 5.56 Å². The maximum atomic E-state index is 12.3. The third-order valence-corrected chi connectivity index (χ3v) is 3.84. The fourth-order valence-electron chi connectivity index (χ4n) is 2.45. The molecule has 0 aromatic heterocycles. The fraction of sp³-hybridized carbons (Fsp3) is 0.533. The number of hydrogen-bond acceptors (Lipinski definition) is 3. The molecule has 0 bridgehead atoms. The summed E-state index contributed by atoms with van der Waals surface area (Å²) in [6.07, 6.45) is 1.17. The first-order chi connectivity index (χ1) is 9.03. The largest absolute Gasteiger partial charge is 0.381 e. The zero-order chi connectivity index (χ0) is 13.9. The lowest BCUT2D eigenvalue weighted by Gasteiger charge is -2.33. The van der Waals surface area contributed by atoms with Crippen LogP contribution in [-0.2, 0) is 9.53 Å². The van der Waals surface area contributed by atoms with Crippen LogP contribution in [0.2, 0.25) is 0 Å². The van der Waals surface area contributed by atoms with Gasteiger partial charge >= 0.3 is 0 Å². The molecule has 5 heteroatoms. The van der Waals surface area contributed by atoms with E-state index in [4.69, 9.17) is 10.5 Å². The molecule has 1 saturated heterocycles. The van der Waals surface area contributed by atoms with Crippen molar-refractivity contribution in [3.05, 3.63) is 35.4 Å². The van der Waals surface area contributed by atoms with E-state index in [9.17, 15) is 4.79 Å².